The van der Waals surface area contributed by atoms with Crippen LogP contribution in [0.25, 0.3) is 10.4 Å². The van der Waals surface area contributed by atoms with Crippen molar-refractivity contribution in [1.82, 2.24) is 25.2 Å². The van der Waals surface area contributed by atoms with Crippen LogP contribution in [0, 0.1) is 18.3 Å². The summed E-state index contributed by atoms with van der Waals surface area (Å²) < 4.78 is 39.3. The van der Waals surface area contributed by atoms with Gasteiger partial charge in [0.1, 0.15) is 16.3 Å². The van der Waals surface area contributed by atoms with Crippen LogP contribution in [0.1, 0.15) is 68.6 Å². The molecule has 0 bridgehead atoms. The highest BCUT2D eigenvalue weighted by molar-refractivity contribution is 7.15. The fourth-order valence-electron chi connectivity index (χ4n) is 6.28. The smallest absolute Gasteiger partial charge is 0.383 e. The zero-order valence-corrected chi connectivity index (χ0v) is 25.8. The van der Waals surface area contributed by atoms with E-state index in [1.54, 1.807) is 18.3 Å². The molecule has 0 radical (unpaired) electrons. The number of likely N-dealkylation sites (tertiary alicyclic amines) is 1. The number of hydrogen-bond acceptors (Lipinski definition) is 8. The van der Waals surface area contributed by atoms with E-state index in [2.05, 4.69) is 25.6 Å². The summed E-state index contributed by atoms with van der Waals surface area (Å²) in [5.74, 6) is -0.285. The lowest BCUT2D eigenvalue weighted by atomic mass is 9.63. The number of hydrogen-bond donors (Lipinski definition) is 3. The van der Waals surface area contributed by atoms with Crippen LogP contribution in [0.2, 0.25) is 0 Å². The van der Waals surface area contributed by atoms with Gasteiger partial charge in [-0.1, -0.05) is 19.9 Å². The first-order valence-corrected chi connectivity index (χ1v) is 15.6. The Morgan fingerprint density at radius 1 is 1.23 bits per heavy atom. The minimum Gasteiger partial charge on any atom is -0.383 e. The van der Waals surface area contributed by atoms with E-state index in [1.165, 1.54) is 11.3 Å². The van der Waals surface area contributed by atoms with Gasteiger partial charge in [-0.05, 0) is 73.8 Å². The number of amides is 2. The summed E-state index contributed by atoms with van der Waals surface area (Å²) in [6, 6.07) is 6.31. The third kappa shape index (κ3) is 7.20. The molecule has 3 heterocycles. The van der Waals surface area contributed by atoms with Crippen molar-refractivity contribution < 1.29 is 27.9 Å². The number of carbonyl (C=O) groups is 2. The lowest BCUT2D eigenvalue weighted by molar-refractivity contribution is -0.141. The number of nitrogens with zero attached hydrogens (tertiary/aromatic N) is 4. The number of anilines is 2. The molecule has 2 aromatic heterocycles. The average molecular weight is 631 g/mol. The van der Waals surface area contributed by atoms with Crippen molar-refractivity contribution in [3.05, 3.63) is 52.9 Å². The molecule has 2 amide bonds. The minimum absolute atomic E-state index is 0.0332. The maximum absolute atomic E-state index is 13.1. The highest BCUT2D eigenvalue weighted by atomic mass is 32.1. The Kier molecular flexibility index (Phi) is 8.99. The second-order valence-corrected chi connectivity index (χ2v) is 13.5. The van der Waals surface area contributed by atoms with Gasteiger partial charge >= 0.3 is 6.18 Å². The zero-order valence-electron chi connectivity index (χ0n) is 25.0. The molecule has 1 aliphatic heterocycles. The quantitative estimate of drug-likeness (QED) is 0.255. The second kappa shape index (κ2) is 12.4. The molecule has 1 saturated heterocycles. The van der Waals surface area contributed by atoms with Gasteiger partial charge in [0.15, 0.2) is 0 Å². The van der Waals surface area contributed by atoms with Gasteiger partial charge < -0.3 is 20.6 Å². The molecule has 2 aliphatic rings. The Morgan fingerprint density at radius 2 is 2.02 bits per heavy atom. The highest BCUT2D eigenvalue weighted by Gasteiger charge is 2.49. The minimum atomic E-state index is -4.58. The molecule has 3 aromatic rings. The highest BCUT2D eigenvalue weighted by Crippen LogP contribution is 2.51. The zero-order chi connectivity index (χ0) is 31.7. The largest absolute Gasteiger partial charge is 0.433 e. The van der Waals surface area contributed by atoms with Crippen molar-refractivity contribution in [2.75, 3.05) is 25.0 Å². The molecule has 3 N–H and O–H groups in total. The van der Waals surface area contributed by atoms with E-state index in [9.17, 15) is 27.9 Å². The van der Waals surface area contributed by atoms with Crippen molar-refractivity contribution in [2.45, 2.75) is 71.1 Å². The van der Waals surface area contributed by atoms with Crippen molar-refractivity contribution in [1.29, 1.82) is 0 Å². The Hall–Kier alpha value is -3.58. The van der Waals surface area contributed by atoms with Crippen LogP contribution in [0.15, 0.2) is 36.7 Å². The Bertz CT molecular complexity index is 1530. The SMILES string of the molecule is Cc1cc(Nc2nccc(C(F)(F)F)n2)cc(-c2cnc(C3(O)CCC(C(=O)NCCCN4CCCC4=O)C(C)(C)C3)s2)c1. The molecule has 44 heavy (non-hydrogen) atoms. The number of benzene rings is 1. The number of aryl methyl sites for hydroxylation is 1. The Labute approximate surface area is 258 Å². The van der Waals surface area contributed by atoms with E-state index in [1.807, 2.05) is 31.7 Å². The fourth-order valence-corrected chi connectivity index (χ4v) is 7.30. The molecule has 1 saturated carbocycles. The number of alkyl halides is 3. The van der Waals surface area contributed by atoms with Gasteiger partial charge in [0, 0.05) is 50.1 Å². The molecule has 236 valence electrons. The van der Waals surface area contributed by atoms with Crippen molar-refractivity contribution in [3.8, 4) is 10.4 Å². The van der Waals surface area contributed by atoms with E-state index in [4.69, 9.17) is 0 Å². The van der Waals surface area contributed by atoms with Gasteiger partial charge in [0.05, 0.1) is 4.88 Å². The third-order valence-corrected chi connectivity index (χ3v) is 9.64. The van der Waals surface area contributed by atoms with Crippen molar-refractivity contribution >= 4 is 34.8 Å². The first-order valence-electron chi connectivity index (χ1n) is 14.8. The maximum atomic E-state index is 13.1. The van der Waals surface area contributed by atoms with Crippen LogP contribution < -0.4 is 10.6 Å². The molecule has 1 aliphatic carbocycles. The summed E-state index contributed by atoms with van der Waals surface area (Å²) in [6.45, 7) is 7.80. The van der Waals surface area contributed by atoms with Crippen molar-refractivity contribution in [2.24, 2.45) is 11.3 Å². The molecule has 9 nitrogen and oxygen atoms in total. The number of thiazole rings is 1. The molecular weight excluding hydrogens is 593 g/mol. The molecular formula is C31H37F3N6O3S. The van der Waals surface area contributed by atoms with Crippen LogP contribution >= 0.6 is 11.3 Å². The average Bonchev–Trinajstić information content (AvgIpc) is 3.60. The Morgan fingerprint density at radius 3 is 2.73 bits per heavy atom. The first kappa shape index (κ1) is 31.8. The number of rotatable bonds is 9. The molecule has 2 atom stereocenters. The predicted octanol–water partition coefficient (Wildman–Crippen LogP) is 5.81. The van der Waals surface area contributed by atoms with Crippen LogP contribution in [0.4, 0.5) is 24.8 Å². The number of aromatic nitrogens is 3. The number of carbonyl (C=O) groups excluding carboxylic acids is 2. The van der Waals surface area contributed by atoms with E-state index in [0.29, 0.717) is 55.9 Å². The van der Waals surface area contributed by atoms with E-state index >= 15 is 0 Å². The van der Waals surface area contributed by atoms with Crippen molar-refractivity contribution in [3.63, 3.8) is 0 Å². The van der Waals surface area contributed by atoms with Gasteiger partial charge in [-0.25, -0.2) is 15.0 Å². The predicted molar refractivity (Wildman–Crippen MR) is 161 cm³/mol. The monoisotopic (exact) mass is 630 g/mol. The Balaban J connectivity index is 1.23. The summed E-state index contributed by atoms with van der Waals surface area (Å²) in [7, 11) is 0. The molecule has 1 aromatic carbocycles. The molecule has 2 fully saturated rings. The van der Waals surface area contributed by atoms with Crippen LogP contribution in [0.5, 0.6) is 0 Å². The van der Waals surface area contributed by atoms with Gasteiger partial charge in [-0.2, -0.15) is 13.2 Å². The standard InChI is InChI=1S/C31H37F3N6O3S/c1-19-14-20(16-21(15-19)38-28-36-11-8-24(39-28)31(32,33)34)23-17-37-27(44-23)30(43)9-7-22(29(2,3)18-30)26(42)35-10-5-13-40-12-4-6-25(40)41/h8,11,14-17,22,43H,4-7,9-10,12-13,18H2,1-3H3,(H,35,42)(H,36,38,39). The van der Waals surface area contributed by atoms with Gasteiger partial charge in [-0.15, -0.1) is 11.3 Å². The van der Waals surface area contributed by atoms with E-state index < -0.39 is 22.9 Å². The van der Waals surface area contributed by atoms with Crippen LogP contribution in [-0.2, 0) is 21.4 Å². The second-order valence-electron chi connectivity index (χ2n) is 12.4. The van der Waals surface area contributed by atoms with E-state index in [-0.39, 0.29) is 23.7 Å². The third-order valence-electron chi connectivity index (χ3n) is 8.40. The summed E-state index contributed by atoms with van der Waals surface area (Å²) in [4.78, 5) is 39.6. The topological polar surface area (TPSA) is 120 Å². The number of halogens is 3. The van der Waals surface area contributed by atoms with Gasteiger partial charge in [0.2, 0.25) is 17.8 Å². The molecule has 5 rings (SSSR count). The summed E-state index contributed by atoms with van der Waals surface area (Å²) in [6.07, 6.45) is 1.63. The maximum Gasteiger partial charge on any atom is 0.433 e. The molecule has 0 spiro atoms. The molecule has 2 unspecified atom stereocenters. The number of aliphatic hydroxyl groups is 1. The number of nitrogens with one attached hydrogen (secondary N) is 2. The lowest BCUT2D eigenvalue weighted by Crippen LogP contribution is -2.48. The summed E-state index contributed by atoms with van der Waals surface area (Å²) >= 11 is 1.36. The molecule has 13 heteroatoms. The van der Waals surface area contributed by atoms with E-state index in [0.717, 1.165) is 41.2 Å². The van der Waals surface area contributed by atoms with Crippen LogP contribution in [-0.4, -0.2) is 56.4 Å². The first-order chi connectivity index (χ1) is 20.7. The fraction of sp³-hybridized carbons (Fsp3) is 0.516. The van der Waals surface area contributed by atoms with Gasteiger partial charge in [0.25, 0.3) is 0 Å². The lowest BCUT2D eigenvalue weighted by Gasteiger charge is -2.45. The normalized spacial score (nSPS) is 21.8. The van der Waals surface area contributed by atoms with Gasteiger partial charge in [-0.3, -0.25) is 9.59 Å². The summed E-state index contributed by atoms with van der Waals surface area (Å²) in [5, 5.41) is 18.2. The summed E-state index contributed by atoms with van der Waals surface area (Å²) in [5.41, 5.74) is -0.545. The van der Waals surface area contributed by atoms with Crippen LogP contribution in [0.3, 0.4) is 0 Å².